The zero-order valence-corrected chi connectivity index (χ0v) is 18.9. The molecule has 31 heavy (non-hydrogen) atoms. The van der Waals surface area contributed by atoms with Gasteiger partial charge in [0.1, 0.15) is 9.71 Å². The first-order valence-electron chi connectivity index (χ1n) is 10.1. The van der Waals surface area contributed by atoms with Crippen LogP contribution in [0.1, 0.15) is 26.6 Å². The van der Waals surface area contributed by atoms with Crippen LogP contribution in [-0.2, 0) is 6.42 Å². The van der Waals surface area contributed by atoms with E-state index in [1.54, 1.807) is 20.4 Å². The molecule has 0 aliphatic rings. The van der Waals surface area contributed by atoms with Crippen molar-refractivity contribution in [2.75, 3.05) is 20.8 Å². The summed E-state index contributed by atoms with van der Waals surface area (Å²) in [4.78, 5) is 19.2. The molecule has 160 valence electrons. The second-order valence-electron chi connectivity index (χ2n) is 7.28. The average Bonchev–Trinajstić information content (AvgIpc) is 3.32. The van der Waals surface area contributed by atoms with Gasteiger partial charge < -0.3 is 19.4 Å². The first-order valence-corrected chi connectivity index (χ1v) is 10.9. The third kappa shape index (κ3) is 4.01. The van der Waals surface area contributed by atoms with Crippen LogP contribution in [0, 0.1) is 13.8 Å². The number of carbonyl (C=O) groups excluding carboxylic acids is 1. The summed E-state index contributed by atoms with van der Waals surface area (Å²) in [7, 11) is 3.23. The van der Waals surface area contributed by atoms with E-state index < -0.39 is 0 Å². The Morgan fingerprint density at radius 3 is 2.52 bits per heavy atom. The second-order valence-corrected chi connectivity index (χ2v) is 8.28. The number of methoxy groups -OCH3 is 2. The van der Waals surface area contributed by atoms with E-state index in [-0.39, 0.29) is 5.91 Å². The van der Waals surface area contributed by atoms with Gasteiger partial charge in [0.15, 0.2) is 11.5 Å². The van der Waals surface area contributed by atoms with Crippen molar-refractivity contribution in [2.45, 2.75) is 20.3 Å². The van der Waals surface area contributed by atoms with E-state index in [4.69, 9.17) is 9.47 Å². The van der Waals surface area contributed by atoms with Gasteiger partial charge in [-0.15, -0.1) is 11.3 Å². The summed E-state index contributed by atoms with van der Waals surface area (Å²) in [6.45, 7) is 4.61. The Kier molecular flexibility index (Phi) is 5.95. The largest absolute Gasteiger partial charge is 0.493 e. The highest BCUT2D eigenvalue weighted by Gasteiger charge is 2.22. The minimum Gasteiger partial charge on any atom is -0.493 e. The lowest BCUT2D eigenvalue weighted by molar-refractivity contribution is 0.0958. The van der Waals surface area contributed by atoms with Crippen LogP contribution in [0.4, 0.5) is 0 Å². The van der Waals surface area contributed by atoms with Crippen LogP contribution in [0.3, 0.4) is 0 Å². The minimum absolute atomic E-state index is 0.0917. The molecular weight excluding hydrogens is 410 g/mol. The number of rotatable bonds is 7. The fraction of sp³-hybridized carbons (Fsp3) is 0.250. The monoisotopic (exact) mass is 435 g/mol. The molecule has 0 unspecified atom stereocenters. The van der Waals surface area contributed by atoms with Gasteiger partial charge in [0, 0.05) is 29.5 Å². The van der Waals surface area contributed by atoms with Gasteiger partial charge in [-0.1, -0.05) is 6.07 Å². The zero-order valence-electron chi connectivity index (χ0n) is 18.1. The molecule has 0 bridgehead atoms. The van der Waals surface area contributed by atoms with E-state index in [9.17, 15) is 4.79 Å². The molecule has 3 aromatic heterocycles. The summed E-state index contributed by atoms with van der Waals surface area (Å²) >= 11 is 1.42. The number of hydrogen-bond donors (Lipinski definition) is 1. The van der Waals surface area contributed by atoms with Crippen molar-refractivity contribution in [2.24, 2.45) is 0 Å². The standard InChI is InChI=1S/C24H25N3O3S/c1-15-7-8-16(2)27(15)21-18-6-5-12-26-24(18)31-22(21)23(28)25-13-11-17-9-10-19(29-3)20(14-17)30-4/h5-10,12,14H,11,13H2,1-4H3,(H,25,28). The number of carbonyl (C=O) groups is 1. The van der Waals surface area contributed by atoms with Gasteiger partial charge in [0.25, 0.3) is 5.91 Å². The summed E-state index contributed by atoms with van der Waals surface area (Å²) in [5, 5.41) is 4.06. The summed E-state index contributed by atoms with van der Waals surface area (Å²) in [6.07, 6.45) is 2.45. The maximum atomic E-state index is 13.2. The summed E-state index contributed by atoms with van der Waals surface area (Å²) in [5.74, 6) is 1.28. The maximum Gasteiger partial charge on any atom is 0.263 e. The topological polar surface area (TPSA) is 65.4 Å². The van der Waals surface area contributed by atoms with E-state index in [1.807, 2.05) is 44.2 Å². The van der Waals surface area contributed by atoms with Crippen molar-refractivity contribution in [1.82, 2.24) is 14.9 Å². The molecule has 0 saturated heterocycles. The van der Waals surface area contributed by atoms with Crippen LogP contribution >= 0.6 is 11.3 Å². The fourth-order valence-electron chi connectivity index (χ4n) is 3.75. The molecule has 0 aliphatic carbocycles. The van der Waals surface area contributed by atoms with Gasteiger partial charge in [0.05, 0.1) is 19.9 Å². The number of hydrogen-bond acceptors (Lipinski definition) is 5. The Labute approximate surface area is 185 Å². The number of aryl methyl sites for hydroxylation is 2. The molecule has 7 heteroatoms. The highest BCUT2D eigenvalue weighted by Crippen LogP contribution is 2.35. The molecule has 0 radical (unpaired) electrons. The SMILES string of the molecule is COc1ccc(CCNC(=O)c2sc3ncccc3c2-n2c(C)ccc2C)cc1OC. The van der Waals surface area contributed by atoms with Crippen LogP contribution in [0.5, 0.6) is 11.5 Å². The first kappa shape index (κ1) is 20.9. The van der Waals surface area contributed by atoms with Crippen molar-refractivity contribution in [3.05, 3.63) is 70.5 Å². The molecule has 6 nitrogen and oxygen atoms in total. The molecule has 0 fully saturated rings. The van der Waals surface area contributed by atoms with Gasteiger partial charge >= 0.3 is 0 Å². The number of nitrogens with zero attached hydrogens (tertiary/aromatic N) is 2. The lowest BCUT2D eigenvalue weighted by Gasteiger charge is -2.12. The van der Waals surface area contributed by atoms with Gasteiger partial charge in [0.2, 0.25) is 0 Å². The van der Waals surface area contributed by atoms with Crippen LogP contribution in [0.15, 0.2) is 48.7 Å². The lowest BCUT2D eigenvalue weighted by Crippen LogP contribution is -2.26. The Balaban J connectivity index is 1.58. The molecule has 4 rings (SSSR count). The summed E-state index contributed by atoms with van der Waals surface area (Å²) < 4.78 is 12.8. The number of fused-ring (bicyclic) bond motifs is 1. The van der Waals surface area contributed by atoms with Crippen LogP contribution < -0.4 is 14.8 Å². The number of aromatic nitrogens is 2. The van der Waals surface area contributed by atoms with Crippen molar-refractivity contribution in [3.8, 4) is 17.2 Å². The molecule has 0 atom stereocenters. The van der Waals surface area contributed by atoms with Crippen molar-refractivity contribution < 1.29 is 14.3 Å². The first-order chi connectivity index (χ1) is 15.0. The number of thiophene rings is 1. The Bertz CT molecular complexity index is 1220. The van der Waals surface area contributed by atoms with Gasteiger partial charge in [-0.3, -0.25) is 4.79 Å². The quantitative estimate of drug-likeness (QED) is 0.457. The average molecular weight is 436 g/mol. The van der Waals surface area contributed by atoms with Crippen molar-refractivity contribution in [1.29, 1.82) is 0 Å². The number of amides is 1. The smallest absolute Gasteiger partial charge is 0.263 e. The molecular formula is C24H25N3O3S. The normalized spacial score (nSPS) is 11.0. The minimum atomic E-state index is -0.0917. The van der Waals surface area contributed by atoms with Crippen molar-refractivity contribution >= 4 is 27.5 Å². The summed E-state index contributed by atoms with van der Waals surface area (Å²) in [6, 6.07) is 13.9. The lowest BCUT2D eigenvalue weighted by atomic mass is 10.1. The molecule has 1 N–H and O–H groups in total. The molecule has 1 aromatic carbocycles. The summed E-state index contributed by atoms with van der Waals surface area (Å²) in [5.41, 5.74) is 4.13. The predicted octanol–water partition coefficient (Wildman–Crippen LogP) is 4.69. The Hall–Kier alpha value is -3.32. The highest BCUT2D eigenvalue weighted by molar-refractivity contribution is 7.21. The van der Waals surface area contributed by atoms with E-state index in [1.165, 1.54) is 11.3 Å². The number of pyridine rings is 1. The number of nitrogens with one attached hydrogen (secondary N) is 1. The Morgan fingerprint density at radius 1 is 1.06 bits per heavy atom. The maximum absolute atomic E-state index is 13.2. The van der Waals surface area contributed by atoms with Gasteiger partial charge in [-0.25, -0.2) is 4.98 Å². The number of ether oxygens (including phenoxy) is 2. The van der Waals surface area contributed by atoms with E-state index in [2.05, 4.69) is 27.0 Å². The van der Waals surface area contributed by atoms with Gasteiger partial charge in [-0.2, -0.15) is 0 Å². The van der Waals surface area contributed by atoms with Gasteiger partial charge in [-0.05, 0) is 62.2 Å². The van der Waals surface area contributed by atoms with Crippen LogP contribution in [0.2, 0.25) is 0 Å². The van der Waals surface area contributed by atoms with E-state index >= 15 is 0 Å². The highest BCUT2D eigenvalue weighted by atomic mass is 32.1. The molecule has 0 saturated carbocycles. The third-order valence-corrected chi connectivity index (χ3v) is 6.39. The Morgan fingerprint density at radius 2 is 1.81 bits per heavy atom. The van der Waals surface area contributed by atoms with E-state index in [0.717, 1.165) is 32.9 Å². The van der Waals surface area contributed by atoms with Crippen LogP contribution in [0.25, 0.3) is 15.9 Å². The molecule has 3 heterocycles. The van der Waals surface area contributed by atoms with Crippen LogP contribution in [-0.4, -0.2) is 36.2 Å². The van der Waals surface area contributed by atoms with E-state index in [0.29, 0.717) is 29.3 Å². The third-order valence-electron chi connectivity index (χ3n) is 5.29. The predicted molar refractivity (Wildman–Crippen MR) is 124 cm³/mol. The molecule has 4 aromatic rings. The number of benzene rings is 1. The van der Waals surface area contributed by atoms with Crippen molar-refractivity contribution in [3.63, 3.8) is 0 Å². The fourth-order valence-corrected chi connectivity index (χ4v) is 4.80. The second kappa shape index (κ2) is 8.81. The zero-order chi connectivity index (χ0) is 22.0. The molecule has 0 aliphatic heterocycles. The molecule has 1 amide bonds. The molecule has 0 spiro atoms.